The third-order valence-corrected chi connectivity index (χ3v) is 3.04. The molecule has 3 atom stereocenters. The number of hydrogen-bond donors (Lipinski definition) is 1. The van der Waals surface area contributed by atoms with E-state index in [9.17, 15) is 14.7 Å². The van der Waals surface area contributed by atoms with Crippen LogP contribution in [0.4, 0.5) is 0 Å². The number of esters is 1. The van der Waals surface area contributed by atoms with E-state index in [2.05, 4.69) is 0 Å². The molecule has 0 saturated heterocycles. The lowest BCUT2D eigenvalue weighted by Crippen LogP contribution is -2.34. The Morgan fingerprint density at radius 2 is 1.80 bits per heavy atom. The summed E-state index contributed by atoms with van der Waals surface area (Å²) in [4.78, 5) is 23.9. The topological polar surface area (TPSA) is 63.6 Å². The summed E-state index contributed by atoms with van der Waals surface area (Å²) in [6.45, 7) is 4.89. The maximum absolute atomic E-state index is 12.1. The van der Waals surface area contributed by atoms with Crippen molar-refractivity contribution in [2.45, 2.75) is 33.0 Å². The molecule has 4 heteroatoms. The van der Waals surface area contributed by atoms with Crippen molar-refractivity contribution in [1.82, 2.24) is 0 Å². The number of carbonyl (C=O) groups excluding carboxylic acids is 2. The smallest absolute Gasteiger partial charge is 0.338 e. The van der Waals surface area contributed by atoms with Gasteiger partial charge in [-0.25, -0.2) is 4.79 Å². The van der Waals surface area contributed by atoms with Crippen LogP contribution in [0.2, 0.25) is 0 Å². The molecule has 0 spiro atoms. The van der Waals surface area contributed by atoms with E-state index in [1.165, 1.54) is 13.0 Å². The average Bonchev–Trinajstić information content (AvgIpc) is 2.46. The number of rotatable bonds is 6. The summed E-state index contributed by atoms with van der Waals surface area (Å²) >= 11 is 0. The number of aliphatic hydroxyl groups excluding tert-OH is 1. The van der Waals surface area contributed by atoms with Crippen LogP contribution >= 0.6 is 0 Å². The lowest BCUT2D eigenvalue weighted by atomic mass is 9.96. The minimum Gasteiger partial charge on any atom is -0.451 e. The number of carbonyl (C=O) groups is 2. The SMILES string of the molecule is C/C=C/[C@@H](O)[C@@H](C)C(=O)[C@H](C)OC(=O)c1ccccc1. The molecular weight excluding hydrogens is 256 g/mol. The van der Waals surface area contributed by atoms with E-state index in [-0.39, 0.29) is 5.78 Å². The van der Waals surface area contributed by atoms with Crippen molar-refractivity contribution < 1.29 is 19.4 Å². The van der Waals surface area contributed by atoms with E-state index in [0.717, 1.165) is 0 Å². The van der Waals surface area contributed by atoms with Crippen molar-refractivity contribution in [3.63, 3.8) is 0 Å². The molecule has 0 aliphatic rings. The number of aliphatic hydroxyl groups is 1. The Balaban J connectivity index is 2.64. The van der Waals surface area contributed by atoms with Crippen LogP contribution in [0.5, 0.6) is 0 Å². The van der Waals surface area contributed by atoms with Crippen molar-refractivity contribution in [2.75, 3.05) is 0 Å². The Bertz CT molecular complexity index is 479. The van der Waals surface area contributed by atoms with Crippen LogP contribution in [-0.4, -0.2) is 29.1 Å². The first kappa shape index (κ1) is 16.1. The van der Waals surface area contributed by atoms with Gasteiger partial charge in [0.05, 0.1) is 11.7 Å². The van der Waals surface area contributed by atoms with Gasteiger partial charge in [0.15, 0.2) is 11.9 Å². The van der Waals surface area contributed by atoms with E-state index in [1.54, 1.807) is 50.3 Å². The first-order valence-corrected chi connectivity index (χ1v) is 6.58. The molecule has 0 fully saturated rings. The molecule has 0 aliphatic heterocycles. The van der Waals surface area contributed by atoms with Gasteiger partial charge < -0.3 is 9.84 Å². The molecule has 1 aromatic carbocycles. The van der Waals surface area contributed by atoms with E-state index in [4.69, 9.17) is 4.74 Å². The van der Waals surface area contributed by atoms with Crippen LogP contribution in [0, 0.1) is 5.92 Å². The Morgan fingerprint density at radius 1 is 1.20 bits per heavy atom. The molecule has 0 bridgehead atoms. The number of benzene rings is 1. The minimum atomic E-state index is -0.891. The molecule has 0 aliphatic carbocycles. The van der Waals surface area contributed by atoms with E-state index >= 15 is 0 Å². The Labute approximate surface area is 119 Å². The molecule has 0 radical (unpaired) electrons. The van der Waals surface area contributed by atoms with Crippen molar-refractivity contribution in [3.8, 4) is 0 Å². The summed E-state index contributed by atoms with van der Waals surface area (Å²) in [5, 5.41) is 9.74. The number of Topliss-reactive ketones (excluding diaryl/α,β-unsaturated/α-hetero) is 1. The zero-order valence-electron chi connectivity index (χ0n) is 11.9. The highest BCUT2D eigenvalue weighted by molar-refractivity contribution is 5.93. The van der Waals surface area contributed by atoms with Gasteiger partial charge in [-0.3, -0.25) is 4.79 Å². The van der Waals surface area contributed by atoms with Crippen LogP contribution in [-0.2, 0) is 9.53 Å². The highest BCUT2D eigenvalue weighted by atomic mass is 16.5. The molecule has 1 aromatic rings. The van der Waals surface area contributed by atoms with E-state index < -0.39 is 24.1 Å². The van der Waals surface area contributed by atoms with Gasteiger partial charge in [0.2, 0.25) is 0 Å². The zero-order chi connectivity index (χ0) is 15.1. The minimum absolute atomic E-state index is 0.306. The lowest BCUT2D eigenvalue weighted by molar-refractivity contribution is -0.132. The molecule has 1 rings (SSSR count). The summed E-state index contributed by atoms with van der Waals surface area (Å²) in [7, 11) is 0. The fourth-order valence-corrected chi connectivity index (χ4v) is 1.76. The molecule has 108 valence electrons. The van der Waals surface area contributed by atoms with Gasteiger partial charge in [0.25, 0.3) is 0 Å². The highest BCUT2D eigenvalue weighted by Crippen LogP contribution is 2.12. The van der Waals surface area contributed by atoms with Gasteiger partial charge in [0.1, 0.15) is 0 Å². The number of ether oxygens (including phenoxy) is 1. The second-order valence-corrected chi connectivity index (χ2v) is 4.62. The normalized spacial score (nSPS) is 15.6. The molecule has 0 amide bonds. The predicted molar refractivity (Wildman–Crippen MR) is 76.3 cm³/mol. The number of hydrogen-bond acceptors (Lipinski definition) is 4. The van der Waals surface area contributed by atoms with Crippen molar-refractivity contribution in [1.29, 1.82) is 0 Å². The number of ketones is 1. The predicted octanol–water partition coefficient (Wildman–Crippen LogP) is 2.37. The summed E-state index contributed by atoms with van der Waals surface area (Å²) in [6, 6.07) is 8.49. The Hall–Kier alpha value is -1.94. The standard InChI is InChI=1S/C16H20O4/c1-4-8-14(17)11(2)15(18)12(3)20-16(19)13-9-6-5-7-10-13/h4-12,14,17H,1-3H3/b8-4+/t11-,12+,14-/m1/s1. The average molecular weight is 276 g/mol. The van der Waals surface area contributed by atoms with Gasteiger partial charge in [-0.15, -0.1) is 0 Å². The first-order chi connectivity index (χ1) is 9.47. The fourth-order valence-electron chi connectivity index (χ4n) is 1.76. The number of allylic oxidation sites excluding steroid dienone is 1. The monoisotopic (exact) mass is 276 g/mol. The molecular formula is C16H20O4. The lowest BCUT2D eigenvalue weighted by Gasteiger charge is -2.19. The van der Waals surface area contributed by atoms with Gasteiger partial charge in [-0.2, -0.15) is 0 Å². The van der Waals surface area contributed by atoms with Gasteiger partial charge >= 0.3 is 5.97 Å². The third-order valence-electron chi connectivity index (χ3n) is 3.04. The molecule has 0 heterocycles. The van der Waals surface area contributed by atoms with Crippen LogP contribution < -0.4 is 0 Å². The second kappa shape index (κ2) is 7.60. The van der Waals surface area contributed by atoms with Crippen molar-refractivity contribution in [3.05, 3.63) is 48.0 Å². The van der Waals surface area contributed by atoms with Crippen LogP contribution in [0.1, 0.15) is 31.1 Å². The Morgan fingerprint density at radius 3 is 2.35 bits per heavy atom. The van der Waals surface area contributed by atoms with Crippen molar-refractivity contribution >= 4 is 11.8 Å². The Kier molecular flexibility index (Phi) is 6.12. The summed E-state index contributed by atoms with van der Waals surface area (Å²) in [5.74, 6) is -1.47. The molecule has 1 N–H and O–H groups in total. The fraction of sp³-hybridized carbons (Fsp3) is 0.375. The maximum Gasteiger partial charge on any atom is 0.338 e. The van der Waals surface area contributed by atoms with Gasteiger partial charge in [-0.05, 0) is 26.0 Å². The van der Waals surface area contributed by atoms with E-state index in [0.29, 0.717) is 5.56 Å². The van der Waals surface area contributed by atoms with Crippen LogP contribution in [0.15, 0.2) is 42.5 Å². The second-order valence-electron chi connectivity index (χ2n) is 4.62. The summed E-state index contributed by atoms with van der Waals surface area (Å²) in [5.41, 5.74) is 0.397. The quantitative estimate of drug-likeness (QED) is 0.640. The molecule has 20 heavy (non-hydrogen) atoms. The summed E-state index contributed by atoms with van der Waals surface area (Å²) < 4.78 is 5.12. The van der Waals surface area contributed by atoms with Gasteiger partial charge in [0, 0.05) is 5.92 Å². The van der Waals surface area contributed by atoms with E-state index in [1.807, 2.05) is 0 Å². The molecule has 0 aromatic heterocycles. The van der Waals surface area contributed by atoms with Crippen LogP contribution in [0.25, 0.3) is 0 Å². The maximum atomic E-state index is 12.1. The third kappa shape index (κ3) is 4.31. The largest absolute Gasteiger partial charge is 0.451 e. The first-order valence-electron chi connectivity index (χ1n) is 6.58. The van der Waals surface area contributed by atoms with Crippen molar-refractivity contribution in [2.24, 2.45) is 5.92 Å². The molecule has 0 saturated carbocycles. The van der Waals surface area contributed by atoms with Crippen LogP contribution in [0.3, 0.4) is 0 Å². The molecule has 0 unspecified atom stereocenters. The zero-order valence-corrected chi connectivity index (χ0v) is 11.9. The summed E-state index contributed by atoms with van der Waals surface area (Å²) in [6.07, 6.45) is 1.45. The highest BCUT2D eigenvalue weighted by Gasteiger charge is 2.27. The van der Waals surface area contributed by atoms with Gasteiger partial charge in [-0.1, -0.05) is 37.3 Å². The molecule has 4 nitrogen and oxygen atoms in total.